The summed E-state index contributed by atoms with van der Waals surface area (Å²) in [6.45, 7) is 9.70. The lowest BCUT2D eigenvalue weighted by Gasteiger charge is -2.21. The molecular formula is C12H15ClO. The maximum atomic E-state index is 5.93. The van der Waals surface area contributed by atoms with E-state index >= 15 is 0 Å². The summed E-state index contributed by atoms with van der Waals surface area (Å²) in [5, 5.41) is 0.668. The van der Waals surface area contributed by atoms with Crippen LogP contribution in [0.25, 0.3) is 6.08 Å². The standard InChI is InChI=1S/C12H15ClO/c1-5-9-6-10(13)8-11(7-9)14-12(2,3)4/h5-8H,1H2,2-4H3. The largest absolute Gasteiger partial charge is 0.488 e. The summed E-state index contributed by atoms with van der Waals surface area (Å²) in [6.07, 6.45) is 1.75. The third kappa shape index (κ3) is 3.43. The highest BCUT2D eigenvalue weighted by atomic mass is 35.5. The molecule has 0 unspecified atom stereocenters. The number of ether oxygens (including phenoxy) is 1. The van der Waals surface area contributed by atoms with Crippen molar-refractivity contribution in [2.24, 2.45) is 0 Å². The highest BCUT2D eigenvalue weighted by Crippen LogP contribution is 2.24. The van der Waals surface area contributed by atoms with Gasteiger partial charge < -0.3 is 4.74 Å². The molecule has 1 aromatic rings. The van der Waals surface area contributed by atoms with Gasteiger partial charge in [-0.05, 0) is 44.5 Å². The minimum absolute atomic E-state index is 0.205. The van der Waals surface area contributed by atoms with Crippen LogP contribution in [0.5, 0.6) is 5.75 Å². The number of hydrogen-bond donors (Lipinski definition) is 0. The van der Waals surface area contributed by atoms with Gasteiger partial charge in [-0.15, -0.1) is 0 Å². The topological polar surface area (TPSA) is 9.23 Å². The normalized spacial score (nSPS) is 11.1. The van der Waals surface area contributed by atoms with Crippen LogP contribution in [-0.2, 0) is 0 Å². The number of rotatable bonds is 2. The lowest BCUT2D eigenvalue weighted by atomic mass is 10.1. The zero-order chi connectivity index (χ0) is 10.8. The molecule has 0 atom stereocenters. The van der Waals surface area contributed by atoms with Crippen molar-refractivity contribution >= 4 is 17.7 Å². The Labute approximate surface area is 90.3 Å². The van der Waals surface area contributed by atoms with Crippen LogP contribution in [0.3, 0.4) is 0 Å². The lowest BCUT2D eigenvalue weighted by Crippen LogP contribution is -2.22. The van der Waals surface area contributed by atoms with E-state index in [4.69, 9.17) is 16.3 Å². The zero-order valence-corrected chi connectivity index (χ0v) is 9.56. The molecule has 0 spiro atoms. The molecule has 0 fully saturated rings. The SMILES string of the molecule is C=Cc1cc(Cl)cc(OC(C)(C)C)c1. The summed E-state index contributed by atoms with van der Waals surface area (Å²) >= 11 is 5.93. The Balaban J connectivity index is 2.98. The van der Waals surface area contributed by atoms with Gasteiger partial charge in [0, 0.05) is 5.02 Å². The van der Waals surface area contributed by atoms with Gasteiger partial charge in [0.25, 0.3) is 0 Å². The quantitative estimate of drug-likeness (QED) is 0.712. The predicted molar refractivity (Wildman–Crippen MR) is 61.9 cm³/mol. The van der Waals surface area contributed by atoms with Gasteiger partial charge in [-0.25, -0.2) is 0 Å². The smallest absolute Gasteiger partial charge is 0.122 e. The van der Waals surface area contributed by atoms with Crippen molar-refractivity contribution < 1.29 is 4.74 Å². The number of halogens is 1. The van der Waals surface area contributed by atoms with Gasteiger partial charge in [0.1, 0.15) is 11.4 Å². The molecule has 1 nitrogen and oxygen atoms in total. The molecule has 0 aliphatic heterocycles. The maximum absolute atomic E-state index is 5.93. The summed E-state index contributed by atoms with van der Waals surface area (Å²) in [6, 6.07) is 5.58. The Hall–Kier alpha value is -0.950. The van der Waals surface area contributed by atoms with Crippen molar-refractivity contribution in [2.75, 3.05) is 0 Å². The highest BCUT2D eigenvalue weighted by molar-refractivity contribution is 6.30. The van der Waals surface area contributed by atoms with Crippen molar-refractivity contribution in [3.8, 4) is 5.75 Å². The Bertz CT molecular complexity index is 337. The average Bonchev–Trinajstić information content (AvgIpc) is 1.99. The van der Waals surface area contributed by atoms with Crippen molar-refractivity contribution in [2.45, 2.75) is 26.4 Å². The fourth-order valence-electron chi connectivity index (χ4n) is 1.11. The Morgan fingerprint density at radius 2 is 1.93 bits per heavy atom. The van der Waals surface area contributed by atoms with E-state index in [1.54, 1.807) is 12.1 Å². The van der Waals surface area contributed by atoms with Crippen molar-refractivity contribution in [3.63, 3.8) is 0 Å². The Kier molecular flexibility index (Phi) is 3.22. The van der Waals surface area contributed by atoms with E-state index in [1.807, 2.05) is 32.9 Å². The van der Waals surface area contributed by atoms with Gasteiger partial charge in [0.05, 0.1) is 0 Å². The monoisotopic (exact) mass is 210 g/mol. The zero-order valence-electron chi connectivity index (χ0n) is 8.80. The second-order valence-corrected chi connectivity index (χ2v) is 4.58. The van der Waals surface area contributed by atoms with Crippen LogP contribution in [0.15, 0.2) is 24.8 Å². The van der Waals surface area contributed by atoms with E-state index in [2.05, 4.69) is 6.58 Å². The van der Waals surface area contributed by atoms with E-state index in [1.165, 1.54) is 0 Å². The first-order chi connectivity index (χ1) is 6.40. The molecular weight excluding hydrogens is 196 g/mol. The van der Waals surface area contributed by atoms with Gasteiger partial charge in [-0.1, -0.05) is 24.3 Å². The van der Waals surface area contributed by atoms with Crippen LogP contribution in [-0.4, -0.2) is 5.60 Å². The van der Waals surface area contributed by atoms with Gasteiger partial charge in [0.2, 0.25) is 0 Å². The van der Waals surface area contributed by atoms with E-state index in [0.717, 1.165) is 11.3 Å². The Morgan fingerprint density at radius 1 is 1.29 bits per heavy atom. The van der Waals surface area contributed by atoms with Gasteiger partial charge in [-0.2, -0.15) is 0 Å². The third-order valence-electron chi connectivity index (χ3n) is 1.55. The van der Waals surface area contributed by atoms with Crippen LogP contribution in [0.1, 0.15) is 26.3 Å². The molecule has 2 heteroatoms. The van der Waals surface area contributed by atoms with Crippen LogP contribution in [0.4, 0.5) is 0 Å². The van der Waals surface area contributed by atoms with E-state index in [0.29, 0.717) is 5.02 Å². The van der Waals surface area contributed by atoms with Crippen molar-refractivity contribution in [3.05, 3.63) is 35.4 Å². The van der Waals surface area contributed by atoms with Crippen LogP contribution in [0, 0.1) is 0 Å². The second kappa shape index (κ2) is 4.05. The van der Waals surface area contributed by atoms with Gasteiger partial charge >= 0.3 is 0 Å². The molecule has 0 radical (unpaired) electrons. The fourth-order valence-corrected chi connectivity index (χ4v) is 1.35. The minimum Gasteiger partial charge on any atom is -0.488 e. The van der Waals surface area contributed by atoms with Crippen LogP contribution < -0.4 is 4.74 Å². The summed E-state index contributed by atoms with van der Waals surface area (Å²) in [5.41, 5.74) is 0.764. The molecule has 1 aromatic carbocycles. The molecule has 0 amide bonds. The van der Waals surface area contributed by atoms with E-state index in [9.17, 15) is 0 Å². The summed E-state index contributed by atoms with van der Waals surface area (Å²) < 4.78 is 5.69. The lowest BCUT2D eigenvalue weighted by molar-refractivity contribution is 0.131. The minimum atomic E-state index is -0.205. The molecule has 0 aliphatic carbocycles. The first-order valence-electron chi connectivity index (χ1n) is 4.53. The highest BCUT2D eigenvalue weighted by Gasteiger charge is 2.12. The molecule has 76 valence electrons. The van der Waals surface area contributed by atoms with E-state index in [-0.39, 0.29) is 5.60 Å². The molecule has 0 saturated heterocycles. The summed E-state index contributed by atoms with van der Waals surface area (Å²) in [5.74, 6) is 0.778. The molecule has 0 bridgehead atoms. The predicted octanol–water partition coefficient (Wildman–Crippen LogP) is 4.16. The average molecular weight is 211 g/mol. The summed E-state index contributed by atoms with van der Waals surface area (Å²) in [4.78, 5) is 0. The number of hydrogen-bond acceptors (Lipinski definition) is 1. The van der Waals surface area contributed by atoms with Gasteiger partial charge in [-0.3, -0.25) is 0 Å². The number of benzene rings is 1. The first kappa shape index (κ1) is 11.1. The second-order valence-electron chi connectivity index (χ2n) is 4.14. The maximum Gasteiger partial charge on any atom is 0.122 e. The molecule has 0 saturated carbocycles. The molecule has 0 N–H and O–H groups in total. The fraction of sp³-hybridized carbons (Fsp3) is 0.333. The third-order valence-corrected chi connectivity index (χ3v) is 1.77. The van der Waals surface area contributed by atoms with Crippen LogP contribution in [0.2, 0.25) is 5.02 Å². The summed E-state index contributed by atoms with van der Waals surface area (Å²) in [7, 11) is 0. The molecule has 0 heterocycles. The molecule has 14 heavy (non-hydrogen) atoms. The van der Waals surface area contributed by atoms with Crippen LogP contribution >= 0.6 is 11.6 Å². The molecule has 0 aliphatic rings. The van der Waals surface area contributed by atoms with Crippen molar-refractivity contribution in [1.82, 2.24) is 0 Å². The van der Waals surface area contributed by atoms with E-state index < -0.39 is 0 Å². The first-order valence-corrected chi connectivity index (χ1v) is 4.90. The van der Waals surface area contributed by atoms with Gasteiger partial charge in [0.15, 0.2) is 0 Å². The molecule has 1 rings (SSSR count). The Morgan fingerprint density at radius 3 is 2.43 bits per heavy atom. The molecule has 0 aromatic heterocycles. The van der Waals surface area contributed by atoms with Crippen molar-refractivity contribution in [1.29, 1.82) is 0 Å².